The third-order valence-corrected chi connectivity index (χ3v) is 3.69. The fourth-order valence-electron chi connectivity index (χ4n) is 2.32. The summed E-state index contributed by atoms with van der Waals surface area (Å²) in [6.07, 6.45) is 1.90. The lowest BCUT2D eigenvalue weighted by molar-refractivity contribution is -0.135. The summed E-state index contributed by atoms with van der Waals surface area (Å²) in [7, 11) is 1.78. The largest absolute Gasteiger partial charge is 0.353 e. The molecule has 1 unspecified atom stereocenters. The van der Waals surface area contributed by atoms with Crippen molar-refractivity contribution >= 4 is 30.3 Å². The van der Waals surface area contributed by atoms with Crippen molar-refractivity contribution in [2.24, 2.45) is 5.92 Å². The van der Waals surface area contributed by atoms with Gasteiger partial charge in [0.05, 0.1) is 0 Å². The van der Waals surface area contributed by atoms with Crippen LogP contribution in [0.4, 0.5) is 4.79 Å². The molecule has 2 aliphatic rings. The zero-order valence-corrected chi connectivity index (χ0v) is 12.5. The summed E-state index contributed by atoms with van der Waals surface area (Å²) in [6.45, 7) is 2.64. The summed E-state index contributed by atoms with van der Waals surface area (Å²) in [5.41, 5.74) is -0.817. The van der Waals surface area contributed by atoms with Crippen LogP contribution in [0, 0.1) is 5.92 Å². The fraction of sp³-hybridized carbons (Fsp3) is 0.750. The van der Waals surface area contributed by atoms with Gasteiger partial charge in [0, 0.05) is 13.1 Å². The molecule has 2 fully saturated rings. The molecule has 0 radical (unpaired) electrons. The van der Waals surface area contributed by atoms with Gasteiger partial charge in [-0.3, -0.25) is 14.5 Å². The van der Waals surface area contributed by atoms with Gasteiger partial charge < -0.3 is 16.0 Å². The quantitative estimate of drug-likeness (QED) is 0.454. The Hall–Kier alpha value is -1.34. The molecule has 0 bridgehead atoms. The van der Waals surface area contributed by atoms with Crippen LogP contribution in [0.25, 0.3) is 0 Å². The first-order valence-electron chi connectivity index (χ1n) is 6.54. The van der Waals surface area contributed by atoms with E-state index in [1.165, 1.54) is 0 Å². The Morgan fingerprint density at radius 3 is 2.60 bits per heavy atom. The van der Waals surface area contributed by atoms with Gasteiger partial charge >= 0.3 is 6.03 Å². The van der Waals surface area contributed by atoms with Gasteiger partial charge in [-0.15, -0.1) is 12.4 Å². The van der Waals surface area contributed by atoms with E-state index in [4.69, 9.17) is 0 Å². The number of nitrogens with one attached hydrogen (secondary N) is 3. The first-order chi connectivity index (χ1) is 8.99. The molecule has 114 valence electrons. The van der Waals surface area contributed by atoms with E-state index in [0.717, 1.165) is 17.7 Å². The summed E-state index contributed by atoms with van der Waals surface area (Å²) in [4.78, 5) is 36.7. The maximum atomic E-state index is 12.2. The van der Waals surface area contributed by atoms with E-state index in [9.17, 15) is 14.4 Å². The van der Waals surface area contributed by atoms with Crippen LogP contribution in [0.5, 0.6) is 0 Å². The van der Waals surface area contributed by atoms with Crippen molar-refractivity contribution in [1.29, 1.82) is 0 Å². The van der Waals surface area contributed by atoms with Crippen molar-refractivity contribution in [3.05, 3.63) is 0 Å². The van der Waals surface area contributed by atoms with Crippen LogP contribution in [-0.2, 0) is 9.59 Å². The van der Waals surface area contributed by atoms with Crippen LogP contribution in [0.3, 0.4) is 0 Å². The molecule has 2 rings (SSSR count). The topological polar surface area (TPSA) is 90.5 Å². The molecule has 3 N–H and O–H groups in total. The third kappa shape index (κ3) is 3.21. The smallest absolute Gasteiger partial charge is 0.325 e. The molecule has 8 heteroatoms. The average molecular weight is 305 g/mol. The van der Waals surface area contributed by atoms with E-state index in [1.807, 2.05) is 0 Å². The van der Waals surface area contributed by atoms with Crippen molar-refractivity contribution < 1.29 is 14.4 Å². The predicted molar refractivity (Wildman–Crippen MR) is 75.6 cm³/mol. The molecular weight excluding hydrogens is 284 g/mol. The molecule has 1 atom stereocenters. The lowest BCUT2D eigenvalue weighted by Gasteiger charge is -2.20. The van der Waals surface area contributed by atoms with Gasteiger partial charge in [0.2, 0.25) is 5.91 Å². The summed E-state index contributed by atoms with van der Waals surface area (Å²) >= 11 is 0. The lowest BCUT2D eigenvalue weighted by Crippen LogP contribution is -2.47. The van der Waals surface area contributed by atoms with Crippen molar-refractivity contribution in [3.63, 3.8) is 0 Å². The Morgan fingerprint density at radius 2 is 2.05 bits per heavy atom. The van der Waals surface area contributed by atoms with Gasteiger partial charge in [-0.05, 0) is 32.7 Å². The second-order valence-electron chi connectivity index (χ2n) is 5.25. The summed E-state index contributed by atoms with van der Waals surface area (Å²) in [5, 5.41) is 8.25. The average Bonchev–Trinajstić information content (AvgIpc) is 3.16. The number of imide groups is 1. The Morgan fingerprint density at radius 1 is 1.40 bits per heavy atom. The molecule has 0 spiro atoms. The second kappa shape index (κ2) is 6.41. The minimum Gasteiger partial charge on any atom is -0.353 e. The highest BCUT2D eigenvalue weighted by Gasteiger charge is 2.56. The number of carbonyl (C=O) groups excluding carboxylic acids is 3. The zero-order chi connectivity index (χ0) is 14.0. The van der Waals surface area contributed by atoms with Gasteiger partial charge in [0.25, 0.3) is 5.91 Å². The maximum absolute atomic E-state index is 12.2. The molecule has 0 aromatic heterocycles. The van der Waals surface area contributed by atoms with E-state index in [0.29, 0.717) is 13.1 Å². The van der Waals surface area contributed by atoms with Crippen LogP contribution in [0.2, 0.25) is 0 Å². The van der Waals surface area contributed by atoms with E-state index in [1.54, 1.807) is 14.0 Å². The summed E-state index contributed by atoms with van der Waals surface area (Å²) in [5.74, 6) is -0.399. The van der Waals surface area contributed by atoms with E-state index in [2.05, 4.69) is 16.0 Å². The predicted octanol–water partition coefficient (Wildman–Crippen LogP) is -0.536. The number of carbonyl (C=O) groups is 3. The summed E-state index contributed by atoms with van der Waals surface area (Å²) < 4.78 is 0. The Labute approximate surface area is 124 Å². The molecule has 1 saturated heterocycles. The minimum atomic E-state index is -0.817. The van der Waals surface area contributed by atoms with E-state index < -0.39 is 11.6 Å². The lowest BCUT2D eigenvalue weighted by atomic mass is 9.96. The molecule has 1 aliphatic carbocycles. The molecule has 1 heterocycles. The Balaban J connectivity index is 0.00000200. The van der Waals surface area contributed by atoms with E-state index in [-0.39, 0.29) is 36.7 Å². The zero-order valence-electron chi connectivity index (χ0n) is 11.7. The van der Waals surface area contributed by atoms with Crippen LogP contribution < -0.4 is 16.0 Å². The number of halogens is 1. The minimum absolute atomic E-state index is 0. The van der Waals surface area contributed by atoms with Crippen molar-refractivity contribution in [1.82, 2.24) is 20.9 Å². The SMILES string of the molecule is CNCCNC(=O)CN1C(=O)NC(C)(C2CC2)C1=O.Cl. The highest BCUT2D eigenvalue weighted by Crippen LogP contribution is 2.42. The third-order valence-electron chi connectivity index (χ3n) is 3.69. The first-order valence-corrected chi connectivity index (χ1v) is 6.54. The van der Waals surface area contributed by atoms with Crippen LogP contribution in [0.1, 0.15) is 19.8 Å². The molecule has 1 aliphatic heterocycles. The number of rotatable bonds is 6. The van der Waals surface area contributed by atoms with Gasteiger partial charge in [-0.2, -0.15) is 0 Å². The van der Waals surface area contributed by atoms with Crippen LogP contribution in [-0.4, -0.2) is 55.0 Å². The molecular formula is C12H21ClN4O3. The number of amides is 4. The van der Waals surface area contributed by atoms with Gasteiger partial charge in [0.15, 0.2) is 0 Å². The molecule has 0 aromatic rings. The Bertz CT molecular complexity index is 414. The van der Waals surface area contributed by atoms with Crippen molar-refractivity contribution in [3.8, 4) is 0 Å². The second-order valence-corrected chi connectivity index (χ2v) is 5.25. The highest BCUT2D eigenvalue weighted by atomic mass is 35.5. The van der Waals surface area contributed by atoms with Gasteiger partial charge in [-0.1, -0.05) is 0 Å². The monoisotopic (exact) mass is 304 g/mol. The normalized spacial score (nSPS) is 25.2. The standard InChI is InChI=1S/C12H20N4O3.ClH/c1-12(8-3-4-8)10(18)16(11(19)15-12)7-9(17)14-6-5-13-2;/h8,13H,3-7H2,1-2H3,(H,14,17)(H,15,19);1H. The van der Waals surface area contributed by atoms with E-state index >= 15 is 0 Å². The molecule has 7 nitrogen and oxygen atoms in total. The number of hydrogen-bond acceptors (Lipinski definition) is 4. The molecule has 4 amide bonds. The fourth-order valence-corrected chi connectivity index (χ4v) is 2.32. The van der Waals surface area contributed by atoms with Crippen molar-refractivity contribution in [2.75, 3.05) is 26.7 Å². The number of urea groups is 1. The molecule has 0 aromatic carbocycles. The van der Waals surface area contributed by atoms with Crippen LogP contribution in [0.15, 0.2) is 0 Å². The van der Waals surface area contributed by atoms with Gasteiger partial charge in [0.1, 0.15) is 12.1 Å². The summed E-state index contributed by atoms with van der Waals surface area (Å²) in [6, 6.07) is -0.469. The number of nitrogens with zero attached hydrogens (tertiary/aromatic N) is 1. The highest BCUT2D eigenvalue weighted by molar-refractivity contribution is 6.09. The number of likely N-dealkylation sites (N-methyl/N-ethyl adjacent to an activating group) is 1. The molecule has 1 saturated carbocycles. The van der Waals surface area contributed by atoms with Gasteiger partial charge in [-0.25, -0.2) is 4.79 Å². The van der Waals surface area contributed by atoms with Crippen LogP contribution >= 0.6 is 12.4 Å². The number of hydrogen-bond donors (Lipinski definition) is 3. The Kier molecular flexibility index (Phi) is 5.35. The maximum Gasteiger partial charge on any atom is 0.325 e. The molecule has 20 heavy (non-hydrogen) atoms. The van der Waals surface area contributed by atoms with Crippen molar-refractivity contribution in [2.45, 2.75) is 25.3 Å². The first kappa shape index (κ1) is 16.7.